The van der Waals surface area contributed by atoms with Crippen molar-refractivity contribution >= 4 is 6.03 Å². The summed E-state index contributed by atoms with van der Waals surface area (Å²) < 4.78 is 6.02. The van der Waals surface area contributed by atoms with Gasteiger partial charge in [0.05, 0.1) is 6.61 Å². The molecule has 5 nitrogen and oxygen atoms in total. The number of ether oxygens (including phenoxy) is 1. The molecule has 3 aliphatic rings. The highest BCUT2D eigenvalue weighted by atomic mass is 16.5. The van der Waals surface area contributed by atoms with Gasteiger partial charge in [-0.05, 0) is 31.7 Å². The van der Waals surface area contributed by atoms with Gasteiger partial charge in [-0.15, -0.1) is 0 Å². The summed E-state index contributed by atoms with van der Waals surface area (Å²) in [5, 5.41) is 0. The lowest BCUT2D eigenvalue weighted by molar-refractivity contribution is 0.0564. The lowest BCUT2D eigenvalue weighted by atomic mass is 9.77. The first-order valence-corrected chi connectivity index (χ1v) is 8.80. The smallest absolute Gasteiger partial charge is 0.319 e. The molecule has 22 heavy (non-hydrogen) atoms. The van der Waals surface area contributed by atoms with Crippen molar-refractivity contribution in [2.45, 2.75) is 26.2 Å². The highest BCUT2D eigenvalue weighted by Gasteiger charge is 2.51. The minimum Gasteiger partial charge on any atom is -0.381 e. The van der Waals surface area contributed by atoms with Crippen LogP contribution in [0.4, 0.5) is 4.79 Å². The van der Waals surface area contributed by atoms with E-state index in [9.17, 15) is 4.79 Å². The molecular formula is C17H31N3O2. The third-order valence-corrected chi connectivity index (χ3v) is 5.74. The number of hydrogen-bond acceptors (Lipinski definition) is 3. The molecular weight excluding hydrogens is 278 g/mol. The SMILES string of the molecule is CCN1C[C@H](COCC2CC2)[C@]2(CCN(C(=O)N(C)C)C2)C1. The van der Waals surface area contributed by atoms with Gasteiger partial charge in [0, 0.05) is 58.2 Å². The van der Waals surface area contributed by atoms with E-state index in [4.69, 9.17) is 4.74 Å². The van der Waals surface area contributed by atoms with E-state index in [1.165, 1.54) is 12.8 Å². The van der Waals surface area contributed by atoms with E-state index in [1.807, 2.05) is 19.0 Å². The van der Waals surface area contributed by atoms with E-state index >= 15 is 0 Å². The Morgan fingerprint density at radius 1 is 1.27 bits per heavy atom. The van der Waals surface area contributed by atoms with E-state index in [-0.39, 0.29) is 11.4 Å². The summed E-state index contributed by atoms with van der Waals surface area (Å²) in [6.07, 6.45) is 3.82. The Labute approximate surface area is 134 Å². The average Bonchev–Trinajstić information content (AvgIpc) is 3.13. The molecule has 126 valence electrons. The maximum Gasteiger partial charge on any atom is 0.319 e. The van der Waals surface area contributed by atoms with Crippen LogP contribution < -0.4 is 0 Å². The molecule has 2 atom stereocenters. The normalized spacial score (nSPS) is 32.1. The minimum absolute atomic E-state index is 0.157. The predicted octanol–water partition coefficient (Wildman–Crippen LogP) is 1.74. The van der Waals surface area contributed by atoms with Crippen LogP contribution >= 0.6 is 0 Å². The Morgan fingerprint density at radius 2 is 2.05 bits per heavy atom. The van der Waals surface area contributed by atoms with Crippen molar-refractivity contribution in [2.24, 2.45) is 17.3 Å². The molecule has 2 amide bonds. The standard InChI is InChI=1S/C17H31N3O2/c1-4-19-9-15(11-22-10-14-5-6-14)17(12-19)7-8-20(13-17)16(21)18(2)3/h14-15H,4-13H2,1-3H3/t15-,17-/m1/s1. The maximum atomic E-state index is 12.3. The van der Waals surface area contributed by atoms with Gasteiger partial charge in [0.1, 0.15) is 0 Å². The van der Waals surface area contributed by atoms with Crippen LogP contribution in [0.15, 0.2) is 0 Å². The van der Waals surface area contributed by atoms with Crippen LogP contribution in [0, 0.1) is 17.3 Å². The van der Waals surface area contributed by atoms with Gasteiger partial charge in [0.2, 0.25) is 0 Å². The van der Waals surface area contributed by atoms with Gasteiger partial charge in [-0.1, -0.05) is 6.92 Å². The van der Waals surface area contributed by atoms with E-state index in [0.29, 0.717) is 5.92 Å². The van der Waals surface area contributed by atoms with Crippen molar-refractivity contribution in [2.75, 3.05) is 60.0 Å². The molecule has 0 aromatic rings. The topological polar surface area (TPSA) is 36.0 Å². The highest BCUT2D eigenvalue weighted by molar-refractivity contribution is 5.74. The molecule has 3 fully saturated rings. The Hall–Kier alpha value is -0.810. The Balaban J connectivity index is 1.61. The van der Waals surface area contributed by atoms with E-state index < -0.39 is 0 Å². The fraction of sp³-hybridized carbons (Fsp3) is 0.941. The van der Waals surface area contributed by atoms with Crippen molar-refractivity contribution < 1.29 is 9.53 Å². The predicted molar refractivity (Wildman–Crippen MR) is 86.9 cm³/mol. The van der Waals surface area contributed by atoms with Crippen molar-refractivity contribution in [3.05, 3.63) is 0 Å². The summed E-state index contributed by atoms with van der Waals surface area (Å²) in [6.45, 7) is 9.20. The minimum atomic E-state index is 0.157. The van der Waals surface area contributed by atoms with E-state index in [2.05, 4.69) is 11.8 Å². The third kappa shape index (κ3) is 3.25. The van der Waals surface area contributed by atoms with Crippen LogP contribution in [0.2, 0.25) is 0 Å². The average molecular weight is 309 g/mol. The number of carbonyl (C=O) groups excluding carboxylic acids is 1. The molecule has 3 rings (SSSR count). The molecule has 5 heteroatoms. The summed E-state index contributed by atoms with van der Waals surface area (Å²) in [7, 11) is 3.69. The largest absolute Gasteiger partial charge is 0.381 e. The van der Waals surface area contributed by atoms with E-state index in [1.54, 1.807) is 4.90 Å². The second-order valence-electron chi connectivity index (χ2n) is 7.72. The summed E-state index contributed by atoms with van der Waals surface area (Å²) >= 11 is 0. The van der Waals surface area contributed by atoms with Crippen LogP contribution in [-0.4, -0.2) is 80.8 Å². The van der Waals surface area contributed by atoms with Crippen LogP contribution in [-0.2, 0) is 4.74 Å². The number of rotatable bonds is 5. The highest BCUT2D eigenvalue weighted by Crippen LogP contribution is 2.44. The molecule has 0 aromatic heterocycles. The van der Waals surface area contributed by atoms with Gasteiger partial charge in [-0.2, -0.15) is 0 Å². The maximum absolute atomic E-state index is 12.3. The molecule has 0 radical (unpaired) electrons. The molecule has 2 aliphatic heterocycles. The van der Waals surface area contributed by atoms with Crippen molar-refractivity contribution in [1.29, 1.82) is 0 Å². The molecule has 1 aliphatic carbocycles. The summed E-state index contributed by atoms with van der Waals surface area (Å²) in [5.41, 5.74) is 0.255. The quantitative estimate of drug-likeness (QED) is 0.776. The zero-order valence-corrected chi connectivity index (χ0v) is 14.4. The van der Waals surface area contributed by atoms with Crippen LogP contribution in [0.1, 0.15) is 26.2 Å². The monoisotopic (exact) mass is 309 g/mol. The van der Waals surface area contributed by atoms with Gasteiger partial charge < -0.3 is 19.4 Å². The molecule has 1 saturated carbocycles. The van der Waals surface area contributed by atoms with Gasteiger partial charge in [0.25, 0.3) is 0 Å². The number of carbonyl (C=O) groups is 1. The second-order valence-corrected chi connectivity index (χ2v) is 7.72. The van der Waals surface area contributed by atoms with Gasteiger partial charge in [-0.3, -0.25) is 0 Å². The first-order chi connectivity index (χ1) is 10.5. The van der Waals surface area contributed by atoms with Crippen LogP contribution in [0.5, 0.6) is 0 Å². The lowest BCUT2D eigenvalue weighted by Crippen LogP contribution is -2.41. The van der Waals surface area contributed by atoms with Crippen molar-refractivity contribution in [3.63, 3.8) is 0 Å². The molecule has 0 aromatic carbocycles. The van der Waals surface area contributed by atoms with E-state index in [0.717, 1.165) is 58.3 Å². The lowest BCUT2D eigenvalue weighted by Gasteiger charge is -2.31. The van der Waals surface area contributed by atoms with Gasteiger partial charge in [0.15, 0.2) is 0 Å². The zero-order valence-electron chi connectivity index (χ0n) is 14.4. The molecule has 0 unspecified atom stereocenters. The van der Waals surface area contributed by atoms with Crippen molar-refractivity contribution in [1.82, 2.24) is 14.7 Å². The fourth-order valence-corrected chi connectivity index (χ4v) is 4.08. The van der Waals surface area contributed by atoms with Crippen molar-refractivity contribution in [3.8, 4) is 0 Å². The first kappa shape index (κ1) is 16.1. The first-order valence-electron chi connectivity index (χ1n) is 8.80. The van der Waals surface area contributed by atoms with Crippen LogP contribution in [0.25, 0.3) is 0 Å². The second kappa shape index (κ2) is 6.36. The Morgan fingerprint density at radius 3 is 2.68 bits per heavy atom. The Kier molecular flexibility index (Phi) is 4.64. The van der Waals surface area contributed by atoms with Crippen LogP contribution in [0.3, 0.4) is 0 Å². The molecule has 0 bridgehead atoms. The summed E-state index contributed by atoms with van der Waals surface area (Å²) in [4.78, 5) is 18.5. The molecule has 0 N–H and O–H groups in total. The fourth-order valence-electron chi connectivity index (χ4n) is 4.08. The molecule has 1 spiro atoms. The molecule has 2 heterocycles. The summed E-state index contributed by atoms with van der Waals surface area (Å²) in [6, 6.07) is 0.157. The van der Waals surface area contributed by atoms with Gasteiger partial charge >= 0.3 is 6.03 Å². The zero-order chi connectivity index (χ0) is 15.7. The number of likely N-dealkylation sites (tertiary alicyclic amines) is 2. The number of nitrogens with zero attached hydrogens (tertiary/aromatic N) is 3. The van der Waals surface area contributed by atoms with Gasteiger partial charge in [-0.25, -0.2) is 4.79 Å². The molecule has 2 saturated heterocycles. The number of amides is 2. The summed E-state index contributed by atoms with van der Waals surface area (Å²) in [5.74, 6) is 1.40. The number of urea groups is 1. The number of hydrogen-bond donors (Lipinski definition) is 0. The third-order valence-electron chi connectivity index (χ3n) is 5.74. The Bertz CT molecular complexity index is 411.